The lowest BCUT2D eigenvalue weighted by Crippen LogP contribution is -2.23. The second kappa shape index (κ2) is 9.56. The van der Waals surface area contributed by atoms with Gasteiger partial charge in [0.1, 0.15) is 0 Å². The van der Waals surface area contributed by atoms with E-state index in [4.69, 9.17) is 9.47 Å². The van der Waals surface area contributed by atoms with Gasteiger partial charge in [-0.3, -0.25) is 4.79 Å². The van der Waals surface area contributed by atoms with Crippen LogP contribution in [0, 0.1) is 0 Å². The SMILES string of the molecule is CCCCOC(CCC)OC(=O)Cc1ccccc1. The van der Waals surface area contributed by atoms with Crippen LogP contribution in [0.1, 0.15) is 45.1 Å². The number of carbonyl (C=O) groups is 1. The lowest BCUT2D eigenvalue weighted by Gasteiger charge is -2.17. The summed E-state index contributed by atoms with van der Waals surface area (Å²) in [5.74, 6) is -0.221. The Balaban J connectivity index is 2.37. The van der Waals surface area contributed by atoms with Crippen molar-refractivity contribution in [3.8, 4) is 0 Å². The van der Waals surface area contributed by atoms with Crippen LogP contribution >= 0.6 is 0 Å². The van der Waals surface area contributed by atoms with E-state index in [0.717, 1.165) is 31.2 Å². The summed E-state index contributed by atoms with van der Waals surface area (Å²) in [6.45, 7) is 4.82. The first-order valence-electron chi connectivity index (χ1n) is 7.11. The largest absolute Gasteiger partial charge is 0.436 e. The van der Waals surface area contributed by atoms with Gasteiger partial charge in [0.15, 0.2) is 0 Å². The number of carbonyl (C=O) groups excluding carboxylic acids is 1. The van der Waals surface area contributed by atoms with Gasteiger partial charge in [-0.2, -0.15) is 0 Å². The molecule has 0 saturated carbocycles. The fraction of sp³-hybridized carbons (Fsp3) is 0.562. The molecule has 0 spiro atoms. The van der Waals surface area contributed by atoms with Gasteiger partial charge in [0.2, 0.25) is 6.29 Å². The molecule has 0 aliphatic rings. The van der Waals surface area contributed by atoms with Crippen molar-refractivity contribution in [2.75, 3.05) is 6.61 Å². The Bertz CT molecular complexity index is 348. The molecule has 106 valence electrons. The number of ether oxygens (including phenoxy) is 2. The van der Waals surface area contributed by atoms with Crippen LogP contribution in [0.4, 0.5) is 0 Å². The highest BCUT2D eigenvalue weighted by Gasteiger charge is 2.14. The van der Waals surface area contributed by atoms with E-state index in [1.165, 1.54) is 0 Å². The van der Waals surface area contributed by atoms with Crippen molar-refractivity contribution in [3.05, 3.63) is 35.9 Å². The maximum absolute atomic E-state index is 11.8. The molecule has 0 fully saturated rings. The second-order valence-corrected chi connectivity index (χ2v) is 4.59. The zero-order valence-electron chi connectivity index (χ0n) is 11.9. The summed E-state index contributed by atoms with van der Waals surface area (Å²) in [7, 11) is 0. The number of benzene rings is 1. The average Bonchev–Trinajstić information content (AvgIpc) is 2.40. The van der Waals surface area contributed by atoms with E-state index in [1.54, 1.807) is 0 Å². The van der Waals surface area contributed by atoms with E-state index < -0.39 is 6.29 Å². The Morgan fingerprint density at radius 2 is 1.89 bits per heavy atom. The molecular formula is C16H24O3. The predicted molar refractivity (Wildman–Crippen MR) is 75.8 cm³/mol. The second-order valence-electron chi connectivity index (χ2n) is 4.59. The third-order valence-electron chi connectivity index (χ3n) is 2.78. The van der Waals surface area contributed by atoms with Crippen molar-refractivity contribution in [3.63, 3.8) is 0 Å². The molecule has 0 saturated heterocycles. The van der Waals surface area contributed by atoms with E-state index in [9.17, 15) is 4.79 Å². The standard InChI is InChI=1S/C16H24O3/c1-3-5-12-18-16(9-4-2)19-15(17)13-14-10-7-6-8-11-14/h6-8,10-11,16H,3-5,9,12-13H2,1-2H3. The highest BCUT2D eigenvalue weighted by molar-refractivity contribution is 5.72. The number of esters is 1. The van der Waals surface area contributed by atoms with E-state index >= 15 is 0 Å². The molecule has 0 bridgehead atoms. The van der Waals surface area contributed by atoms with Crippen LogP contribution in [0.25, 0.3) is 0 Å². The molecule has 1 rings (SSSR count). The fourth-order valence-electron chi connectivity index (χ4n) is 1.72. The van der Waals surface area contributed by atoms with E-state index in [2.05, 4.69) is 13.8 Å². The summed E-state index contributed by atoms with van der Waals surface area (Å²) in [4.78, 5) is 11.8. The molecular weight excluding hydrogens is 240 g/mol. The fourth-order valence-corrected chi connectivity index (χ4v) is 1.72. The van der Waals surface area contributed by atoms with Gasteiger partial charge >= 0.3 is 5.97 Å². The summed E-state index contributed by atoms with van der Waals surface area (Å²) in [6.07, 6.45) is 3.68. The van der Waals surface area contributed by atoms with Gasteiger partial charge in [0, 0.05) is 6.42 Å². The Labute approximate surface area is 115 Å². The van der Waals surface area contributed by atoms with Crippen LogP contribution < -0.4 is 0 Å². The van der Waals surface area contributed by atoms with Crippen molar-refractivity contribution < 1.29 is 14.3 Å². The first-order valence-corrected chi connectivity index (χ1v) is 7.11. The summed E-state index contributed by atoms with van der Waals surface area (Å²) in [5.41, 5.74) is 0.969. The Morgan fingerprint density at radius 3 is 2.53 bits per heavy atom. The van der Waals surface area contributed by atoms with Gasteiger partial charge in [-0.1, -0.05) is 57.0 Å². The van der Waals surface area contributed by atoms with Gasteiger partial charge in [-0.05, 0) is 12.0 Å². The Morgan fingerprint density at radius 1 is 1.16 bits per heavy atom. The van der Waals surface area contributed by atoms with Crippen LogP contribution in [0.15, 0.2) is 30.3 Å². The summed E-state index contributed by atoms with van der Waals surface area (Å²) < 4.78 is 11.0. The molecule has 0 radical (unpaired) electrons. The maximum atomic E-state index is 11.8. The lowest BCUT2D eigenvalue weighted by molar-refractivity contribution is -0.179. The highest BCUT2D eigenvalue weighted by atomic mass is 16.7. The smallest absolute Gasteiger partial charge is 0.312 e. The van der Waals surface area contributed by atoms with Crippen LogP contribution in [-0.2, 0) is 20.7 Å². The summed E-state index contributed by atoms with van der Waals surface area (Å²) in [5, 5.41) is 0. The molecule has 0 heterocycles. The minimum Gasteiger partial charge on any atom is -0.436 e. The van der Waals surface area contributed by atoms with Crippen LogP contribution in [-0.4, -0.2) is 18.9 Å². The molecule has 1 aromatic carbocycles. The van der Waals surface area contributed by atoms with Crippen LogP contribution in [0.5, 0.6) is 0 Å². The monoisotopic (exact) mass is 264 g/mol. The Kier molecular flexibility index (Phi) is 7.91. The number of hydrogen-bond acceptors (Lipinski definition) is 3. The Hall–Kier alpha value is -1.35. The molecule has 0 aliphatic carbocycles. The molecule has 0 N–H and O–H groups in total. The molecule has 3 nitrogen and oxygen atoms in total. The van der Waals surface area contributed by atoms with E-state index in [1.807, 2.05) is 30.3 Å². The summed E-state index contributed by atoms with van der Waals surface area (Å²) >= 11 is 0. The third-order valence-corrected chi connectivity index (χ3v) is 2.78. The quantitative estimate of drug-likeness (QED) is 0.387. The molecule has 1 unspecified atom stereocenters. The molecule has 3 heteroatoms. The highest BCUT2D eigenvalue weighted by Crippen LogP contribution is 2.08. The zero-order valence-corrected chi connectivity index (χ0v) is 11.9. The zero-order chi connectivity index (χ0) is 13.9. The molecule has 1 aromatic rings. The molecule has 19 heavy (non-hydrogen) atoms. The normalized spacial score (nSPS) is 12.1. The molecule has 0 amide bonds. The average molecular weight is 264 g/mol. The first-order chi connectivity index (χ1) is 9.26. The van der Waals surface area contributed by atoms with Gasteiger partial charge < -0.3 is 9.47 Å². The van der Waals surface area contributed by atoms with Gasteiger partial charge in [0.05, 0.1) is 13.0 Å². The van der Waals surface area contributed by atoms with Gasteiger partial charge in [-0.25, -0.2) is 0 Å². The van der Waals surface area contributed by atoms with Crippen molar-refractivity contribution >= 4 is 5.97 Å². The van der Waals surface area contributed by atoms with Crippen LogP contribution in [0.3, 0.4) is 0 Å². The predicted octanol–water partition coefficient (Wildman–Crippen LogP) is 3.72. The number of rotatable bonds is 9. The van der Waals surface area contributed by atoms with Crippen molar-refractivity contribution in [1.29, 1.82) is 0 Å². The minimum atomic E-state index is -0.396. The van der Waals surface area contributed by atoms with Crippen molar-refractivity contribution in [2.45, 2.75) is 52.2 Å². The molecule has 1 atom stereocenters. The first kappa shape index (κ1) is 15.7. The molecule has 0 aromatic heterocycles. The van der Waals surface area contributed by atoms with Gasteiger partial charge in [-0.15, -0.1) is 0 Å². The van der Waals surface area contributed by atoms with E-state index in [0.29, 0.717) is 13.0 Å². The lowest BCUT2D eigenvalue weighted by atomic mass is 10.2. The summed E-state index contributed by atoms with van der Waals surface area (Å²) in [6, 6.07) is 9.62. The van der Waals surface area contributed by atoms with E-state index in [-0.39, 0.29) is 5.97 Å². The van der Waals surface area contributed by atoms with Crippen molar-refractivity contribution in [1.82, 2.24) is 0 Å². The number of hydrogen-bond donors (Lipinski definition) is 0. The molecule has 0 aliphatic heterocycles. The number of unbranched alkanes of at least 4 members (excludes halogenated alkanes) is 1. The van der Waals surface area contributed by atoms with Crippen LogP contribution in [0.2, 0.25) is 0 Å². The minimum absolute atomic E-state index is 0.221. The topological polar surface area (TPSA) is 35.5 Å². The maximum Gasteiger partial charge on any atom is 0.312 e. The van der Waals surface area contributed by atoms with Crippen molar-refractivity contribution in [2.24, 2.45) is 0 Å². The van der Waals surface area contributed by atoms with Gasteiger partial charge in [0.25, 0.3) is 0 Å². The third kappa shape index (κ3) is 6.97.